The Labute approximate surface area is 106 Å². The van der Waals surface area contributed by atoms with E-state index in [2.05, 4.69) is 27.7 Å². The molecule has 0 amide bonds. The molecule has 0 aliphatic carbocycles. The van der Waals surface area contributed by atoms with E-state index >= 15 is 0 Å². The van der Waals surface area contributed by atoms with Crippen LogP contribution >= 0.6 is 0 Å². The summed E-state index contributed by atoms with van der Waals surface area (Å²) in [5.74, 6) is 1.14. The third-order valence-corrected chi connectivity index (χ3v) is 3.95. The van der Waals surface area contributed by atoms with Crippen LogP contribution in [0.3, 0.4) is 0 Å². The maximum atomic E-state index is 5.43. The molecule has 18 heavy (non-hydrogen) atoms. The SMILES string of the molecule is c1cc2c3c(c1)nc(N1CCOCC1)n3CCC2. The largest absolute Gasteiger partial charge is 0.378 e. The minimum Gasteiger partial charge on any atom is -0.378 e. The van der Waals surface area contributed by atoms with Crippen molar-refractivity contribution in [2.45, 2.75) is 19.4 Å². The van der Waals surface area contributed by atoms with Gasteiger partial charge in [0.15, 0.2) is 0 Å². The maximum Gasteiger partial charge on any atom is 0.206 e. The van der Waals surface area contributed by atoms with Gasteiger partial charge in [0.05, 0.1) is 24.2 Å². The molecule has 2 aliphatic rings. The van der Waals surface area contributed by atoms with Crippen molar-refractivity contribution in [3.05, 3.63) is 23.8 Å². The van der Waals surface area contributed by atoms with Crippen LogP contribution in [-0.4, -0.2) is 35.9 Å². The minimum atomic E-state index is 0.816. The number of hydrogen-bond donors (Lipinski definition) is 0. The number of nitrogens with zero attached hydrogens (tertiary/aromatic N) is 3. The van der Waals surface area contributed by atoms with Gasteiger partial charge < -0.3 is 14.2 Å². The quantitative estimate of drug-likeness (QED) is 0.765. The second-order valence-electron chi connectivity index (χ2n) is 5.05. The van der Waals surface area contributed by atoms with Crippen LogP contribution in [0.2, 0.25) is 0 Å². The lowest BCUT2D eigenvalue weighted by Gasteiger charge is -2.29. The van der Waals surface area contributed by atoms with Crippen molar-refractivity contribution in [2.75, 3.05) is 31.2 Å². The highest BCUT2D eigenvalue weighted by molar-refractivity contribution is 5.82. The van der Waals surface area contributed by atoms with Crippen molar-refractivity contribution in [3.8, 4) is 0 Å². The van der Waals surface area contributed by atoms with Crippen molar-refractivity contribution >= 4 is 17.0 Å². The van der Waals surface area contributed by atoms with Crippen molar-refractivity contribution in [1.82, 2.24) is 9.55 Å². The summed E-state index contributed by atoms with van der Waals surface area (Å²) < 4.78 is 7.83. The number of aryl methyl sites for hydroxylation is 2. The van der Waals surface area contributed by atoms with E-state index in [0.717, 1.165) is 44.3 Å². The molecule has 1 aromatic carbocycles. The first kappa shape index (κ1) is 10.4. The molecular weight excluding hydrogens is 226 g/mol. The van der Waals surface area contributed by atoms with E-state index in [1.54, 1.807) is 0 Å². The molecule has 0 atom stereocenters. The molecule has 0 N–H and O–H groups in total. The number of benzene rings is 1. The summed E-state index contributed by atoms with van der Waals surface area (Å²) in [6, 6.07) is 6.50. The zero-order chi connectivity index (χ0) is 11.9. The van der Waals surface area contributed by atoms with Gasteiger partial charge in [0, 0.05) is 19.6 Å². The third kappa shape index (κ3) is 1.45. The molecule has 94 valence electrons. The molecule has 0 radical (unpaired) electrons. The molecule has 1 aromatic heterocycles. The van der Waals surface area contributed by atoms with E-state index in [0.29, 0.717) is 0 Å². The molecule has 0 unspecified atom stereocenters. The summed E-state index contributed by atoms with van der Waals surface area (Å²) >= 11 is 0. The van der Waals surface area contributed by atoms with Crippen molar-refractivity contribution < 1.29 is 4.74 Å². The Morgan fingerprint density at radius 2 is 2.00 bits per heavy atom. The highest BCUT2D eigenvalue weighted by atomic mass is 16.5. The summed E-state index contributed by atoms with van der Waals surface area (Å²) in [6.07, 6.45) is 2.41. The molecule has 4 rings (SSSR count). The van der Waals surface area contributed by atoms with Crippen LogP contribution in [0.15, 0.2) is 18.2 Å². The maximum absolute atomic E-state index is 5.43. The van der Waals surface area contributed by atoms with E-state index in [1.165, 1.54) is 23.9 Å². The first-order chi connectivity index (χ1) is 8.93. The number of imidazole rings is 1. The summed E-state index contributed by atoms with van der Waals surface area (Å²) in [5.41, 5.74) is 3.95. The van der Waals surface area contributed by atoms with Gasteiger partial charge in [-0.15, -0.1) is 0 Å². The number of ether oxygens (including phenoxy) is 1. The van der Waals surface area contributed by atoms with Gasteiger partial charge >= 0.3 is 0 Å². The standard InChI is InChI=1S/C14H17N3O/c1-3-11-4-2-6-17-13(11)12(5-1)15-14(17)16-7-9-18-10-8-16/h1,3,5H,2,4,6-10H2. The molecule has 1 saturated heterocycles. The zero-order valence-electron chi connectivity index (χ0n) is 10.4. The number of hydrogen-bond acceptors (Lipinski definition) is 3. The fraction of sp³-hybridized carbons (Fsp3) is 0.500. The Morgan fingerprint density at radius 3 is 2.89 bits per heavy atom. The van der Waals surface area contributed by atoms with Crippen LogP contribution in [0, 0.1) is 0 Å². The first-order valence-electron chi connectivity index (χ1n) is 6.74. The molecule has 2 aromatic rings. The zero-order valence-corrected chi connectivity index (χ0v) is 10.4. The van der Waals surface area contributed by atoms with Crippen LogP contribution in [0.25, 0.3) is 11.0 Å². The fourth-order valence-corrected chi connectivity index (χ4v) is 3.09. The Hall–Kier alpha value is -1.55. The summed E-state index contributed by atoms with van der Waals surface area (Å²) in [4.78, 5) is 7.20. The lowest BCUT2D eigenvalue weighted by Crippen LogP contribution is -2.38. The lowest BCUT2D eigenvalue weighted by atomic mass is 10.0. The average Bonchev–Trinajstić information content (AvgIpc) is 2.82. The molecular formula is C14H17N3O. The van der Waals surface area contributed by atoms with Crippen LogP contribution in [0.4, 0.5) is 5.95 Å². The Kier molecular flexibility index (Phi) is 2.30. The third-order valence-electron chi connectivity index (χ3n) is 3.95. The first-order valence-corrected chi connectivity index (χ1v) is 6.74. The Morgan fingerprint density at radius 1 is 1.11 bits per heavy atom. The van der Waals surface area contributed by atoms with Crippen LogP contribution in [0.1, 0.15) is 12.0 Å². The summed E-state index contributed by atoms with van der Waals surface area (Å²) in [6.45, 7) is 4.64. The van der Waals surface area contributed by atoms with Crippen LogP contribution in [0.5, 0.6) is 0 Å². The van der Waals surface area contributed by atoms with E-state index in [9.17, 15) is 0 Å². The smallest absolute Gasteiger partial charge is 0.206 e. The second-order valence-corrected chi connectivity index (χ2v) is 5.05. The Balaban J connectivity index is 1.88. The van der Waals surface area contributed by atoms with Gasteiger partial charge in [-0.05, 0) is 24.5 Å². The minimum absolute atomic E-state index is 0.816. The Bertz CT molecular complexity index is 584. The van der Waals surface area contributed by atoms with Gasteiger partial charge in [-0.3, -0.25) is 0 Å². The van der Waals surface area contributed by atoms with E-state index in [-0.39, 0.29) is 0 Å². The number of rotatable bonds is 1. The van der Waals surface area contributed by atoms with Gasteiger partial charge in [0.2, 0.25) is 5.95 Å². The van der Waals surface area contributed by atoms with E-state index in [4.69, 9.17) is 9.72 Å². The van der Waals surface area contributed by atoms with Crippen LogP contribution in [-0.2, 0) is 17.7 Å². The van der Waals surface area contributed by atoms with Crippen molar-refractivity contribution in [2.24, 2.45) is 0 Å². The molecule has 4 heteroatoms. The summed E-state index contributed by atoms with van der Waals surface area (Å²) in [5, 5.41) is 0. The highest BCUT2D eigenvalue weighted by Crippen LogP contribution is 2.30. The van der Waals surface area contributed by atoms with Gasteiger partial charge in [0.25, 0.3) is 0 Å². The number of aromatic nitrogens is 2. The molecule has 4 nitrogen and oxygen atoms in total. The van der Waals surface area contributed by atoms with Gasteiger partial charge in [0.1, 0.15) is 0 Å². The van der Waals surface area contributed by atoms with Crippen molar-refractivity contribution in [3.63, 3.8) is 0 Å². The fourth-order valence-electron chi connectivity index (χ4n) is 3.09. The molecule has 3 heterocycles. The lowest BCUT2D eigenvalue weighted by molar-refractivity contribution is 0.121. The highest BCUT2D eigenvalue weighted by Gasteiger charge is 2.22. The monoisotopic (exact) mass is 243 g/mol. The van der Waals surface area contributed by atoms with Crippen LogP contribution < -0.4 is 4.90 Å². The number of morpholine rings is 1. The molecule has 0 saturated carbocycles. The van der Waals surface area contributed by atoms with E-state index in [1.807, 2.05) is 0 Å². The van der Waals surface area contributed by atoms with Crippen molar-refractivity contribution in [1.29, 1.82) is 0 Å². The molecule has 0 spiro atoms. The molecule has 2 aliphatic heterocycles. The molecule has 1 fully saturated rings. The van der Waals surface area contributed by atoms with Gasteiger partial charge in [-0.1, -0.05) is 12.1 Å². The topological polar surface area (TPSA) is 30.3 Å². The van der Waals surface area contributed by atoms with Gasteiger partial charge in [-0.25, -0.2) is 4.98 Å². The predicted octanol–water partition coefficient (Wildman–Crippen LogP) is 1.82. The normalized spacial score (nSPS) is 19.4. The van der Waals surface area contributed by atoms with E-state index < -0.39 is 0 Å². The summed E-state index contributed by atoms with van der Waals surface area (Å²) in [7, 11) is 0. The predicted molar refractivity (Wildman–Crippen MR) is 71.1 cm³/mol. The average molecular weight is 243 g/mol. The molecule has 0 bridgehead atoms. The number of para-hydroxylation sites is 1. The second kappa shape index (κ2) is 3.99. The van der Waals surface area contributed by atoms with Gasteiger partial charge in [-0.2, -0.15) is 0 Å². The number of anilines is 1.